The fourth-order valence-electron chi connectivity index (χ4n) is 0.583. The van der Waals surface area contributed by atoms with Crippen LogP contribution in [-0.4, -0.2) is 10.2 Å². The van der Waals surface area contributed by atoms with E-state index in [2.05, 4.69) is 0 Å². The zero-order valence-corrected chi connectivity index (χ0v) is 8.00. The second kappa shape index (κ2) is 9.21. The van der Waals surface area contributed by atoms with Crippen LogP contribution in [0.5, 0.6) is 0 Å². The van der Waals surface area contributed by atoms with Gasteiger partial charge in [0.2, 0.25) is 0 Å². The van der Waals surface area contributed by atoms with E-state index < -0.39 is 5.09 Å². The van der Waals surface area contributed by atoms with Gasteiger partial charge < -0.3 is 20.4 Å². The quantitative estimate of drug-likeness (QED) is 0.470. The molecule has 0 saturated carbocycles. The molecule has 0 amide bonds. The van der Waals surface area contributed by atoms with E-state index in [9.17, 15) is 0 Å². The van der Waals surface area contributed by atoms with Crippen LogP contribution >= 0.6 is 0 Å². The van der Waals surface area contributed by atoms with Gasteiger partial charge in [-0.15, -0.1) is 0 Å². The van der Waals surface area contributed by atoms with Gasteiger partial charge in [0.15, 0.2) is 0 Å². The molecular formula is C7H8AgNO4. The molecule has 0 atom stereocenters. The average Bonchev–Trinajstić information content (AvgIpc) is 2.05. The first-order valence-corrected chi connectivity index (χ1v) is 3.13. The van der Waals surface area contributed by atoms with Crippen molar-refractivity contribution in [2.45, 2.75) is 6.61 Å². The first-order valence-electron chi connectivity index (χ1n) is 3.13. The number of hydrogen-bond acceptors (Lipinski definition) is 4. The fraction of sp³-hybridized carbons (Fsp3) is 0.143. The number of benzene rings is 1. The summed E-state index contributed by atoms with van der Waals surface area (Å²) in [6, 6.07) is 9.52. The van der Waals surface area contributed by atoms with E-state index in [1.807, 2.05) is 30.3 Å². The van der Waals surface area contributed by atoms with Gasteiger partial charge in [-0.1, -0.05) is 30.3 Å². The van der Waals surface area contributed by atoms with Gasteiger partial charge in [-0.3, -0.25) is 0 Å². The van der Waals surface area contributed by atoms with Crippen molar-refractivity contribution in [1.82, 2.24) is 0 Å². The molecule has 1 N–H and O–H groups in total. The van der Waals surface area contributed by atoms with Gasteiger partial charge in [-0.05, 0) is 5.56 Å². The van der Waals surface area contributed by atoms with Crippen molar-refractivity contribution in [3.8, 4) is 0 Å². The summed E-state index contributed by atoms with van der Waals surface area (Å²) < 4.78 is 0. The Balaban J connectivity index is 0. The molecule has 0 radical (unpaired) electrons. The normalized spacial score (nSPS) is 7.46. The zero-order valence-electron chi connectivity index (χ0n) is 6.51. The van der Waals surface area contributed by atoms with Crippen LogP contribution in [0.4, 0.5) is 0 Å². The topological polar surface area (TPSA) is 86.4 Å². The molecule has 0 spiro atoms. The summed E-state index contributed by atoms with van der Waals surface area (Å²) in [6.45, 7) is 0.140. The standard InChI is InChI=1S/C7H8O.Ag.NO3/c8-6-7-4-2-1-3-5-7;;2-1(3)4/h1-5,8H,6H2;;/q;+1;-1. The minimum atomic E-state index is -1.75. The Morgan fingerprint density at radius 1 is 1.23 bits per heavy atom. The molecule has 13 heavy (non-hydrogen) atoms. The van der Waals surface area contributed by atoms with Crippen molar-refractivity contribution in [3.63, 3.8) is 0 Å². The maximum atomic E-state index is 8.54. The van der Waals surface area contributed by atoms with E-state index in [0.29, 0.717) is 0 Å². The van der Waals surface area contributed by atoms with Crippen LogP contribution in [0, 0.1) is 15.3 Å². The predicted molar refractivity (Wildman–Crippen MR) is 42.7 cm³/mol. The van der Waals surface area contributed by atoms with Gasteiger partial charge in [-0.2, -0.15) is 0 Å². The van der Waals surface area contributed by atoms with Crippen molar-refractivity contribution >= 4 is 0 Å². The van der Waals surface area contributed by atoms with E-state index in [4.69, 9.17) is 20.4 Å². The Kier molecular flexibility index (Phi) is 10.4. The molecule has 76 valence electrons. The minimum Gasteiger partial charge on any atom is -0.392 e. The van der Waals surface area contributed by atoms with Crippen LogP contribution in [-0.2, 0) is 29.0 Å². The van der Waals surface area contributed by atoms with Gasteiger partial charge in [0.1, 0.15) is 0 Å². The largest absolute Gasteiger partial charge is 1.00 e. The summed E-state index contributed by atoms with van der Waals surface area (Å²) in [5, 5.41) is 23.3. The average molecular weight is 278 g/mol. The molecule has 0 saturated heterocycles. The number of hydrogen-bond donors (Lipinski definition) is 1. The molecule has 0 unspecified atom stereocenters. The second-order valence-electron chi connectivity index (χ2n) is 1.87. The molecule has 1 rings (SSSR count). The van der Waals surface area contributed by atoms with Crippen LogP contribution in [0.2, 0.25) is 0 Å². The maximum absolute atomic E-state index is 8.54. The summed E-state index contributed by atoms with van der Waals surface area (Å²) in [4.78, 5) is 8.25. The molecule has 1 aromatic rings. The van der Waals surface area contributed by atoms with Crippen LogP contribution in [0.1, 0.15) is 5.56 Å². The van der Waals surface area contributed by atoms with Gasteiger partial charge in [0.05, 0.1) is 11.7 Å². The molecule has 0 heterocycles. The van der Waals surface area contributed by atoms with Crippen molar-refractivity contribution in [2.75, 3.05) is 0 Å². The number of aliphatic hydroxyl groups excluding tert-OH is 1. The van der Waals surface area contributed by atoms with Gasteiger partial charge in [-0.25, -0.2) is 0 Å². The van der Waals surface area contributed by atoms with Crippen LogP contribution < -0.4 is 0 Å². The van der Waals surface area contributed by atoms with Crippen LogP contribution in [0.25, 0.3) is 0 Å². The summed E-state index contributed by atoms with van der Waals surface area (Å²) in [7, 11) is 0. The Bertz CT molecular complexity index is 225. The van der Waals surface area contributed by atoms with Gasteiger partial charge in [0, 0.05) is 0 Å². The Morgan fingerprint density at radius 2 is 1.62 bits per heavy atom. The molecule has 0 aliphatic carbocycles. The first-order chi connectivity index (χ1) is 5.66. The third-order valence-electron chi connectivity index (χ3n) is 1.03. The Hall–Kier alpha value is -0.880. The summed E-state index contributed by atoms with van der Waals surface area (Å²) in [5.41, 5.74) is 0.965. The third kappa shape index (κ3) is 11.1. The number of aliphatic hydroxyl groups is 1. The molecule has 6 heteroatoms. The van der Waals surface area contributed by atoms with E-state index in [0.717, 1.165) is 5.56 Å². The first kappa shape index (κ1) is 14.6. The summed E-state index contributed by atoms with van der Waals surface area (Å²) in [5.74, 6) is 0. The monoisotopic (exact) mass is 277 g/mol. The SMILES string of the molecule is O=[N+]([O-])[O-].OCc1ccccc1.[Ag+]. The third-order valence-corrected chi connectivity index (χ3v) is 1.03. The van der Waals surface area contributed by atoms with E-state index >= 15 is 0 Å². The molecule has 5 nitrogen and oxygen atoms in total. The van der Waals surface area contributed by atoms with Crippen molar-refractivity contribution in [3.05, 3.63) is 51.2 Å². The summed E-state index contributed by atoms with van der Waals surface area (Å²) >= 11 is 0. The summed E-state index contributed by atoms with van der Waals surface area (Å²) in [6.07, 6.45) is 0. The van der Waals surface area contributed by atoms with Crippen LogP contribution in [0.15, 0.2) is 30.3 Å². The van der Waals surface area contributed by atoms with Gasteiger partial charge in [0.25, 0.3) is 0 Å². The molecule has 0 aliphatic rings. The Labute approximate surface area is 90.6 Å². The van der Waals surface area contributed by atoms with E-state index in [1.54, 1.807) is 0 Å². The second-order valence-corrected chi connectivity index (χ2v) is 1.87. The maximum Gasteiger partial charge on any atom is 1.00 e. The molecule has 0 fully saturated rings. The molecule has 0 bridgehead atoms. The van der Waals surface area contributed by atoms with Crippen LogP contribution in [0.3, 0.4) is 0 Å². The predicted octanol–water partition coefficient (Wildman–Crippen LogP) is 0.937. The smallest absolute Gasteiger partial charge is 0.392 e. The molecule has 0 aromatic heterocycles. The molecule has 1 aromatic carbocycles. The van der Waals surface area contributed by atoms with Crippen molar-refractivity contribution in [2.24, 2.45) is 0 Å². The van der Waals surface area contributed by atoms with Gasteiger partial charge >= 0.3 is 22.4 Å². The van der Waals surface area contributed by atoms with Crippen molar-refractivity contribution in [1.29, 1.82) is 0 Å². The minimum absolute atomic E-state index is 0. The number of rotatable bonds is 1. The van der Waals surface area contributed by atoms with E-state index in [1.165, 1.54) is 0 Å². The molecule has 0 aliphatic heterocycles. The van der Waals surface area contributed by atoms with Crippen molar-refractivity contribution < 1.29 is 32.6 Å². The van der Waals surface area contributed by atoms with E-state index in [-0.39, 0.29) is 29.0 Å². The fourth-order valence-corrected chi connectivity index (χ4v) is 0.583. The number of nitrogens with zero attached hydrogens (tertiary/aromatic N) is 1. The molecular weight excluding hydrogens is 270 g/mol. The zero-order chi connectivity index (χ0) is 9.40. The Morgan fingerprint density at radius 3 is 1.85 bits per heavy atom.